The number of ether oxygens (including phenoxy) is 1. The van der Waals surface area contributed by atoms with Crippen molar-refractivity contribution in [2.24, 2.45) is 0 Å². The Morgan fingerprint density at radius 2 is 1.20 bits per heavy atom. The second-order valence-electron chi connectivity index (χ2n) is 12.5. The monoisotopic (exact) mass is 686 g/mol. The first-order chi connectivity index (χ1) is 23.8. The van der Waals surface area contributed by atoms with Gasteiger partial charge >= 0.3 is 0 Å². The molecule has 14 nitrogen and oxygen atoms in total. The van der Waals surface area contributed by atoms with Crippen LogP contribution in [0.4, 0.5) is 0 Å². The van der Waals surface area contributed by atoms with Gasteiger partial charge in [0.2, 0.25) is 11.6 Å². The second-order valence-corrected chi connectivity index (χ2v) is 12.5. The highest BCUT2D eigenvalue weighted by molar-refractivity contribution is 6.30. The smallest absolute Gasteiger partial charge is 0.201 e. The summed E-state index contributed by atoms with van der Waals surface area (Å²) in [5.41, 5.74) is -5.56. The van der Waals surface area contributed by atoms with Gasteiger partial charge in [-0.3, -0.25) is 14.4 Å². The number of hydrogen-bond acceptors (Lipinski definition) is 14. The first-order valence-corrected chi connectivity index (χ1v) is 15.4. The molecular weight excluding hydrogens is 656 g/mol. The van der Waals surface area contributed by atoms with E-state index in [2.05, 4.69) is 0 Å². The van der Waals surface area contributed by atoms with Gasteiger partial charge in [0, 0.05) is 16.7 Å². The van der Waals surface area contributed by atoms with Gasteiger partial charge in [-0.2, -0.15) is 0 Å². The van der Waals surface area contributed by atoms with Crippen molar-refractivity contribution in [3.8, 4) is 23.0 Å². The first kappa shape index (κ1) is 33.3. The van der Waals surface area contributed by atoms with E-state index >= 15 is 0 Å². The van der Waals surface area contributed by atoms with E-state index in [1.165, 1.54) is 30.3 Å². The molecule has 1 fully saturated rings. The lowest BCUT2D eigenvalue weighted by Gasteiger charge is -2.52. The van der Waals surface area contributed by atoms with Gasteiger partial charge in [-0.15, -0.1) is 0 Å². The van der Waals surface area contributed by atoms with Crippen molar-refractivity contribution in [1.82, 2.24) is 0 Å². The van der Waals surface area contributed by atoms with Crippen LogP contribution in [0.15, 0.2) is 54.6 Å². The third-order valence-electron chi connectivity index (χ3n) is 9.93. The quantitative estimate of drug-likeness (QED) is 0.117. The zero-order valence-electron chi connectivity index (χ0n) is 25.8. The van der Waals surface area contributed by atoms with E-state index in [9.17, 15) is 65.4 Å². The van der Waals surface area contributed by atoms with Crippen LogP contribution in [-0.2, 0) is 23.4 Å². The van der Waals surface area contributed by atoms with Crippen molar-refractivity contribution >= 4 is 17.3 Å². The largest absolute Gasteiger partial charge is 0.507 e. The molecule has 0 aromatic heterocycles. The zero-order valence-corrected chi connectivity index (χ0v) is 25.8. The normalized spacial score (nSPS) is 25.5. The summed E-state index contributed by atoms with van der Waals surface area (Å²) in [6.07, 6.45) is -9.44. The van der Waals surface area contributed by atoms with Gasteiger partial charge in [0.15, 0.2) is 5.78 Å². The maximum absolute atomic E-state index is 14.1. The Morgan fingerprint density at radius 1 is 0.580 bits per heavy atom. The van der Waals surface area contributed by atoms with Crippen LogP contribution in [0.25, 0.3) is 0 Å². The molecule has 10 N–H and O–H groups in total. The van der Waals surface area contributed by atoms with Crippen LogP contribution < -0.4 is 0 Å². The minimum absolute atomic E-state index is 0.0221. The lowest BCUT2D eigenvalue weighted by Crippen LogP contribution is -2.65. The molecule has 258 valence electrons. The summed E-state index contributed by atoms with van der Waals surface area (Å²) in [5, 5.41) is 109. The van der Waals surface area contributed by atoms with Gasteiger partial charge in [0.25, 0.3) is 0 Å². The molecule has 7 rings (SSSR count). The van der Waals surface area contributed by atoms with Gasteiger partial charge in [-0.1, -0.05) is 24.3 Å². The van der Waals surface area contributed by atoms with Crippen molar-refractivity contribution in [1.29, 1.82) is 0 Å². The van der Waals surface area contributed by atoms with Crippen LogP contribution in [0, 0.1) is 0 Å². The molecule has 0 radical (unpaired) electrons. The van der Waals surface area contributed by atoms with Gasteiger partial charge in [0.05, 0.1) is 47.5 Å². The Labute approximate surface area is 282 Å². The maximum atomic E-state index is 14.1. The van der Waals surface area contributed by atoms with Crippen molar-refractivity contribution in [2.45, 2.75) is 49.1 Å². The Morgan fingerprint density at radius 3 is 1.86 bits per heavy atom. The predicted octanol–water partition coefficient (Wildman–Crippen LogP) is -0.00980. The van der Waals surface area contributed by atoms with Crippen LogP contribution in [0.2, 0.25) is 0 Å². The van der Waals surface area contributed by atoms with E-state index in [4.69, 9.17) is 4.74 Å². The van der Waals surface area contributed by atoms with Crippen molar-refractivity contribution in [3.63, 3.8) is 0 Å². The van der Waals surface area contributed by atoms with Crippen molar-refractivity contribution in [2.75, 3.05) is 6.61 Å². The molecule has 14 heteroatoms. The Hall–Kier alpha value is -5.19. The number of aliphatic hydroxyl groups excluding tert-OH is 6. The number of fused-ring (bicyclic) bond motifs is 4. The minimum Gasteiger partial charge on any atom is -0.507 e. The van der Waals surface area contributed by atoms with Gasteiger partial charge in [-0.05, 0) is 52.6 Å². The van der Waals surface area contributed by atoms with E-state index in [1.807, 2.05) is 0 Å². The van der Waals surface area contributed by atoms with Crippen molar-refractivity contribution in [3.05, 3.63) is 116 Å². The average molecular weight is 687 g/mol. The first-order valence-electron chi connectivity index (χ1n) is 15.4. The molecule has 2 aliphatic carbocycles. The van der Waals surface area contributed by atoms with E-state index in [0.717, 1.165) is 24.3 Å². The summed E-state index contributed by atoms with van der Waals surface area (Å²) >= 11 is 0. The van der Waals surface area contributed by atoms with Crippen LogP contribution in [-0.4, -0.2) is 106 Å². The number of hydrogen-bond donors (Lipinski definition) is 10. The minimum atomic E-state index is -2.33. The Kier molecular flexibility index (Phi) is 7.80. The number of rotatable bonds is 5. The van der Waals surface area contributed by atoms with E-state index in [-0.39, 0.29) is 38.9 Å². The molecule has 0 unspecified atom stereocenters. The summed E-state index contributed by atoms with van der Waals surface area (Å²) in [4.78, 5) is 42.0. The maximum Gasteiger partial charge on any atom is 0.201 e. The lowest BCUT2D eigenvalue weighted by molar-refractivity contribution is -0.239. The highest BCUT2D eigenvalue weighted by Gasteiger charge is 2.60. The number of carbonyl (C=O) groups is 3. The summed E-state index contributed by atoms with van der Waals surface area (Å²) in [7, 11) is 0. The van der Waals surface area contributed by atoms with Crippen LogP contribution in [0.5, 0.6) is 23.0 Å². The van der Waals surface area contributed by atoms with Crippen LogP contribution in [0.3, 0.4) is 0 Å². The molecule has 4 aromatic rings. The van der Waals surface area contributed by atoms with Gasteiger partial charge in [0.1, 0.15) is 53.5 Å². The second kappa shape index (κ2) is 11.7. The summed E-state index contributed by atoms with van der Waals surface area (Å²) in [6.45, 7) is -2.15. The van der Waals surface area contributed by atoms with Crippen LogP contribution in [0.1, 0.15) is 75.6 Å². The standard InChI is InChI=1S/C36H30O14/c37-10-13-6-16-24(21(41)8-13)31(46)25-15(28(16)43)4-5-18(29(25)44)36(35-34(49)33(48)30(45)23(12-39)50-35)17-2-1-3-20(40)26(17)32(47)27-19(36)7-14(11-38)9-22(27)42/h1-9,23,30,33-35,37-42,44-45,48-49H,10-12H2/t23-,30-,33+,34-,35+,36-/m1/s1. The average Bonchev–Trinajstić information content (AvgIpc) is 3.10. The summed E-state index contributed by atoms with van der Waals surface area (Å²) in [5.74, 6) is -5.63. The Bertz CT molecular complexity index is 2140. The van der Waals surface area contributed by atoms with Crippen LogP contribution >= 0.6 is 0 Å². The highest BCUT2D eigenvalue weighted by Crippen LogP contribution is 2.57. The summed E-state index contributed by atoms with van der Waals surface area (Å²) < 4.78 is 6.10. The van der Waals surface area contributed by atoms with E-state index in [0.29, 0.717) is 0 Å². The fourth-order valence-corrected chi connectivity index (χ4v) is 7.71. The fraction of sp³-hybridized carbons (Fsp3) is 0.250. The fourth-order valence-electron chi connectivity index (χ4n) is 7.71. The topological polar surface area (TPSA) is 263 Å². The molecule has 6 atom stereocenters. The highest BCUT2D eigenvalue weighted by atomic mass is 16.5. The number of aromatic hydroxyl groups is 4. The molecule has 0 amide bonds. The molecule has 1 aliphatic heterocycles. The molecular formula is C36H30O14. The third kappa shape index (κ3) is 4.31. The molecule has 4 aromatic carbocycles. The van der Waals surface area contributed by atoms with Gasteiger partial charge in [-0.25, -0.2) is 0 Å². The number of phenols is 4. The number of phenolic OH excluding ortho intramolecular Hbond substituents is 4. The van der Waals surface area contributed by atoms with Gasteiger partial charge < -0.3 is 55.8 Å². The number of ketones is 3. The van der Waals surface area contributed by atoms with Crippen molar-refractivity contribution < 1.29 is 70.2 Å². The number of aliphatic hydroxyl groups is 6. The van der Waals surface area contributed by atoms with E-state index in [1.54, 1.807) is 0 Å². The summed E-state index contributed by atoms with van der Waals surface area (Å²) in [6, 6.07) is 10.8. The SMILES string of the molecule is O=C1c2cc(CO)cc(O)c2C(=O)c2c1ccc([C@]1([C@H]3O[C@H](CO)[C@@H](O)[C@H](O)[C@H]3O)c3cccc(O)c3C(=O)c3c(O)cc(CO)cc31)c2O. The Balaban J connectivity index is 1.64. The molecule has 3 aliphatic rings. The molecule has 0 bridgehead atoms. The molecule has 50 heavy (non-hydrogen) atoms. The molecule has 0 spiro atoms. The van der Waals surface area contributed by atoms with E-state index < -0.39 is 118 Å². The third-order valence-corrected chi connectivity index (χ3v) is 9.93. The molecule has 1 saturated heterocycles. The zero-order chi connectivity index (χ0) is 36.0. The number of carbonyl (C=O) groups excluding carboxylic acids is 3. The predicted molar refractivity (Wildman–Crippen MR) is 168 cm³/mol. The molecule has 1 heterocycles. The lowest BCUT2D eigenvalue weighted by atomic mass is 9.57. The number of benzene rings is 4. The molecule has 0 saturated carbocycles.